The standard InChI is InChI=1S/C18H19N5O/c1-11-12(2)21-22-18(16(11)9-19)23-8-7-15-14(10-23)5-4-6-17(15)20-13(3)24/h4-6H,7-8,10H2,1-3H3,(H,20,24). The van der Waals surface area contributed by atoms with Crippen LogP contribution in [0.1, 0.15) is 34.9 Å². The molecule has 6 heteroatoms. The summed E-state index contributed by atoms with van der Waals surface area (Å²) in [5, 5.41) is 20.8. The van der Waals surface area contributed by atoms with Gasteiger partial charge >= 0.3 is 0 Å². The number of nitrogens with one attached hydrogen (secondary N) is 1. The summed E-state index contributed by atoms with van der Waals surface area (Å²) in [4.78, 5) is 13.4. The molecule has 0 fully saturated rings. The third-order valence-electron chi connectivity index (χ3n) is 4.42. The smallest absolute Gasteiger partial charge is 0.221 e. The van der Waals surface area contributed by atoms with Gasteiger partial charge in [0.15, 0.2) is 5.82 Å². The highest BCUT2D eigenvalue weighted by molar-refractivity contribution is 5.89. The summed E-state index contributed by atoms with van der Waals surface area (Å²) in [6.07, 6.45) is 0.783. The van der Waals surface area contributed by atoms with Crippen LogP contribution in [0.15, 0.2) is 18.2 Å². The van der Waals surface area contributed by atoms with Crippen LogP contribution in [-0.4, -0.2) is 22.6 Å². The normalized spacial score (nSPS) is 13.2. The maximum atomic E-state index is 11.4. The number of hydrogen-bond donors (Lipinski definition) is 1. The van der Waals surface area contributed by atoms with Gasteiger partial charge in [-0.15, -0.1) is 5.10 Å². The summed E-state index contributed by atoms with van der Waals surface area (Å²) < 4.78 is 0. The van der Waals surface area contributed by atoms with Gasteiger partial charge in [0.2, 0.25) is 5.91 Å². The van der Waals surface area contributed by atoms with Gasteiger partial charge in [-0.05, 0) is 43.0 Å². The third-order valence-corrected chi connectivity index (χ3v) is 4.42. The first-order valence-electron chi connectivity index (χ1n) is 7.88. The third kappa shape index (κ3) is 2.81. The minimum atomic E-state index is -0.0716. The van der Waals surface area contributed by atoms with E-state index < -0.39 is 0 Å². The minimum absolute atomic E-state index is 0.0716. The Morgan fingerprint density at radius 1 is 1.33 bits per heavy atom. The van der Waals surface area contributed by atoms with Crippen molar-refractivity contribution < 1.29 is 4.79 Å². The number of nitrogens with zero attached hydrogens (tertiary/aromatic N) is 4. The quantitative estimate of drug-likeness (QED) is 0.919. The van der Waals surface area contributed by atoms with E-state index in [9.17, 15) is 10.1 Å². The van der Waals surface area contributed by atoms with Gasteiger partial charge in [0.1, 0.15) is 11.6 Å². The van der Waals surface area contributed by atoms with Crippen molar-refractivity contribution in [1.29, 1.82) is 5.26 Å². The molecular formula is C18H19N5O. The Labute approximate surface area is 141 Å². The molecule has 122 valence electrons. The zero-order valence-electron chi connectivity index (χ0n) is 14.1. The van der Waals surface area contributed by atoms with Crippen LogP contribution >= 0.6 is 0 Å². The number of aromatic nitrogens is 2. The number of nitriles is 1. The average Bonchev–Trinajstić information content (AvgIpc) is 2.56. The van der Waals surface area contributed by atoms with Crippen LogP contribution in [-0.2, 0) is 17.8 Å². The van der Waals surface area contributed by atoms with Crippen LogP contribution in [0, 0.1) is 25.2 Å². The van der Waals surface area contributed by atoms with Gasteiger partial charge in [0.05, 0.1) is 5.69 Å². The molecule has 1 aromatic heterocycles. The Bertz CT molecular complexity index is 853. The number of benzene rings is 1. The summed E-state index contributed by atoms with van der Waals surface area (Å²) in [6.45, 7) is 6.65. The van der Waals surface area contributed by atoms with E-state index in [-0.39, 0.29) is 5.91 Å². The minimum Gasteiger partial charge on any atom is -0.349 e. The van der Waals surface area contributed by atoms with Crippen molar-refractivity contribution >= 4 is 17.4 Å². The monoisotopic (exact) mass is 321 g/mol. The van der Waals surface area contributed by atoms with E-state index in [1.54, 1.807) is 0 Å². The molecule has 24 heavy (non-hydrogen) atoms. The fourth-order valence-corrected chi connectivity index (χ4v) is 3.05. The lowest BCUT2D eigenvalue weighted by molar-refractivity contribution is -0.114. The number of rotatable bonds is 2. The molecule has 0 aliphatic carbocycles. The van der Waals surface area contributed by atoms with Crippen LogP contribution in [0.25, 0.3) is 0 Å². The van der Waals surface area contributed by atoms with Crippen molar-refractivity contribution in [2.24, 2.45) is 0 Å². The molecule has 0 atom stereocenters. The summed E-state index contributed by atoms with van der Waals surface area (Å²) >= 11 is 0. The molecule has 1 aromatic carbocycles. The predicted octanol–water partition coefficient (Wildman–Crippen LogP) is 2.49. The van der Waals surface area contributed by atoms with E-state index in [1.807, 2.05) is 32.0 Å². The number of aryl methyl sites for hydroxylation is 1. The van der Waals surface area contributed by atoms with Gasteiger partial charge in [-0.3, -0.25) is 4.79 Å². The van der Waals surface area contributed by atoms with Crippen molar-refractivity contribution in [3.63, 3.8) is 0 Å². The van der Waals surface area contributed by atoms with E-state index in [0.717, 1.165) is 41.0 Å². The molecule has 0 spiro atoms. The molecule has 0 saturated heterocycles. The fourth-order valence-electron chi connectivity index (χ4n) is 3.05. The second kappa shape index (κ2) is 6.28. The predicted molar refractivity (Wildman–Crippen MR) is 91.7 cm³/mol. The highest BCUT2D eigenvalue weighted by atomic mass is 16.1. The van der Waals surface area contributed by atoms with Gasteiger partial charge in [-0.1, -0.05) is 12.1 Å². The highest BCUT2D eigenvalue weighted by Gasteiger charge is 2.23. The summed E-state index contributed by atoms with van der Waals surface area (Å²) in [6, 6.07) is 8.17. The molecule has 0 saturated carbocycles. The average molecular weight is 321 g/mol. The van der Waals surface area contributed by atoms with Crippen LogP contribution in [0.2, 0.25) is 0 Å². The van der Waals surface area contributed by atoms with Crippen LogP contribution in [0.5, 0.6) is 0 Å². The van der Waals surface area contributed by atoms with Gasteiger partial charge in [-0.2, -0.15) is 10.4 Å². The first kappa shape index (κ1) is 15.9. The Balaban J connectivity index is 1.96. The maximum Gasteiger partial charge on any atom is 0.221 e. The zero-order valence-corrected chi connectivity index (χ0v) is 14.1. The Hall–Kier alpha value is -2.94. The summed E-state index contributed by atoms with van der Waals surface area (Å²) in [5.41, 5.74) is 5.40. The van der Waals surface area contributed by atoms with Crippen molar-refractivity contribution in [2.75, 3.05) is 16.8 Å². The first-order valence-corrected chi connectivity index (χ1v) is 7.88. The van der Waals surface area contributed by atoms with Gasteiger partial charge in [-0.25, -0.2) is 0 Å². The van der Waals surface area contributed by atoms with Gasteiger partial charge in [0.25, 0.3) is 0 Å². The molecule has 2 heterocycles. The van der Waals surface area contributed by atoms with Crippen molar-refractivity contribution in [3.8, 4) is 6.07 Å². The van der Waals surface area contributed by atoms with E-state index >= 15 is 0 Å². The Morgan fingerprint density at radius 2 is 2.12 bits per heavy atom. The topological polar surface area (TPSA) is 81.9 Å². The van der Waals surface area contributed by atoms with Crippen LogP contribution in [0.4, 0.5) is 11.5 Å². The van der Waals surface area contributed by atoms with E-state index in [0.29, 0.717) is 17.9 Å². The maximum absolute atomic E-state index is 11.4. The van der Waals surface area contributed by atoms with E-state index in [1.165, 1.54) is 6.92 Å². The molecule has 3 rings (SSSR count). The van der Waals surface area contributed by atoms with E-state index in [4.69, 9.17) is 0 Å². The second-order valence-corrected chi connectivity index (χ2v) is 6.02. The largest absolute Gasteiger partial charge is 0.349 e. The molecule has 1 aliphatic rings. The lowest BCUT2D eigenvalue weighted by Gasteiger charge is -2.31. The van der Waals surface area contributed by atoms with Gasteiger partial charge in [0, 0.05) is 25.7 Å². The lowest BCUT2D eigenvalue weighted by Crippen LogP contribution is -2.32. The molecule has 0 bridgehead atoms. The zero-order chi connectivity index (χ0) is 17.3. The molecule has 1 amide bonds. The highest BCUT2D eigenvalue weighted by Crippen LogP contribution is 2.30. The second-order valence-electron chi connectivity index (χ2n) is 6.02. The SMILES string of the molecule is CC(=O)Nc1cccc2c1CCN(c1nnc(C)c(C)c1C#N)C2. The number of carbonyl (C=O) groups excluding carboxylic acids is 1. The molecule has 1 aliphatic heterocycles. The first-order chi connectivity index (χ1) is 11.5. The molecule has 0 unspecified atom stereocenters. The summed E-state index contributed by atoms with van der Waals surface area (Å²) in [7, 11) is 0. The fraction of sp³-hybridized carbons (Fsp3) is 0.333. The lowest BCUT2D eigenvalue weighted by atomic mass is 9.97. The van der Waals surface area contributed by atoms with Crippen LogP contribution in [0.3, 0.4) is 0 Å². The number of hydrogen-bond acceptors (Lipinski definition) is 5. The number of carbonyl (C=O) groups is 1. The van der Waals surface area contributed by atoms with Crippen molar-refractivity contribution in [2.45, 2.75) is 33.7 Å². The number of anilines is 2. The molecule has 2 aromatic rings. The number of fused-ring (bicyclic) bond motifs is 1. The molecule has 6 nitrogen and oxygen atoms in total. The summed E-state index contributed by atoms with van der Waals surface area (Å²) in [5.74, 6) is 0.564. The Morgan fingerprint density at radius 3 is 2.83 bits per heavy atom. The molecular weight excluding hydrogens is 302 g/mol. The van der Waals surface area contributed by atoms with Crippen molar-refractivity contribution in [3.05, 3.63) is 46.1 Å². The Kier molecular flexibility index (Phi) is 4.17. The molecule has 0 radical (unpaired) electrons. The van der Waals surface area contributed by atoms with Crippen molar-refractivity contribution in [1.82, 2.24) is 10.2 Å². The van der Waals surface area contributed by atoms with Gasteiger partial charge < -0.3 is 10.2 Å². The van der Waals surface area contributed by atoms with E-state index in [2.05, 4.69) is 26.5 Å². The molecule has 1 N–H and O–H groups in total. The van der Waals surface area contributed by atoms with Crippen LogP contribution < -0.4 is 10.2 Å². The number of amides is 1.